The van der Waals surface area contributed by atoms with Crippen LogP contribution in [0.5, 0.6) is 0 Å². The van der Waals surface area contributed by atoms with E-state index < -0.39 is 17.8 Å². The van der Waals surface area contributed by atoms with Crippen LogP contribution in [-0.2, 0) is 6.18 Å². The number of alkyl halides is 3. The van der Waals surface area contributed by atoms with Gasteiger partial charge in [0, 0.05) is 18.0 Å². The number of hydrogen-bond acceptors (Lipinski definition) is 3. The van der Waals surface area contributed by atoms with Crippen molar-refractivity contribution >= 4 is 0 Å². The summed E-state index contributed by atoms with van der Waals surface area (Å²) >= 11 is 0. The van der Waals surface area contributed by atoms with Gasteiger partial charge in [0.05, 0.1) is 11.6 Å². The van der Waals surface area contributed by atoms with Gasteiger partial charge in [0.25, 0.3) is 0 Å². The average Bonchev–Trinajstić information content (AvgIpc) is 2.88. The second-order valence-electron chi connectivity index (χ2n) is 5.40. The third-order valence-corrected chi connectivity index (χ3v) is 3.66. The number of rotatable bonds is 3. The predicted octanol–water partition coefficient (Wildman–Crippen LogP) is 2.65. The Morgan fingerprint density at radius 1 is 1.50 bits per heavy atom. The minimum Gasteiger partial charge on any atom is -0.271 e. The molecule has 2 rings (SSSR count). The first kappa shape index (κ1) is 13.3. The summed E-state index contributed by atoms with van der Waals surface area (Å²) in [6.07, 6.45) is -1.12. The molecule has 18 heavy (non-hydrogen) atoms. The van der Waals surface area contributed by atoms with Crippen LogP contribution in [0.15, 0.2) is 18.5 Å². The molecule has 1 aromatic heterocycles. The molecule has 3 N–H and O–H groups in total. The van der Waals surface area contributed by atoms with E-state index in [1.807, 2.05) is 13.8 Å². The number of hydrogen-bond donors (Lipinski definition) is 2. The highest BCUT2D eigenvalue weighted by Crippen LogP contribution is 2.58. The lowest BCUT2D eigenvalue weighted by Gasteiger charge is -2.21. The molecule has 1 heterocycles. The van der Waals surface area contributed by atoms with Gasteiger partial charge in [-0.2, -0.15) is 13.2 Å². The molecule has 2 unspecified atom stereocenters. The number of nitrogens with two attached hydrogens (primary N) is 1. The summed E-state index contributed by atoms with van der Waals surface area (Å²) in [5.41, 5.74) is 2.00. The summed E-state index contributed by atoms with van der Waals surface area (Å²) in [7, 11) is 0. The third kappa shape index (κ3) is 2.35. The van der Waals surface area contributed by atoms with Crippen LogP contribution in [0.3, 0.4) is 0 Å². The Hall–Kier alpha value is -1.14. The molecule has 1 aliphatic rings. The standard InChI is InChI=1S/C12H16F3N3/c1-11(2)5-9(11)10(18-16)7-6-17-4-3-8(7)12(13,14)15/h3-4,6,9-10,18H,5,16H2,1-2H3. The van der Waals surface area contributed by atoms with Gasteiger partial charge in [0.1, 0.15) is 0 Å². The van der Waals surface area contributed by atoms with Crippen LogP contribution >= 0.6 is 0 Å². The van der Waals surface area contributed by atoms with E-state index in [1.165, 1.54) is 6.20 Å². The van der Waals surface area contributed by atoms with Gasteiger partial charge in [-0.1, -0.05) is 13.8 Å². The van der Waals surface area contributed by atoms with Crippen LogP contribution < -0.4 is 11.3 Å². The summed E-state index contributed by atoms with van der Waals surface area (Å²) in [5, 5.41) is 0. The predicted molar refractivity (Wildman–Crippen MR) is 61.2 cm³/mol. The average molecular weight is 259 g/mol. The van der Waals surface area contributed by atoms with Gasteiger partial charge in [-0.15, -0.1) is 0 Å². The molecule has 6 heteroatoms. The van der Waals surface area contributed by atoms with Crippen molar-refractivity contribution < 1.29 is 13.2 Å². The van der Waals surface area contributed by atoms with Crippen LogP contribution in [0, 0.1) is 11.3 Å². The van der Waals surface area contributed by atoms with E-state index in [0.29, 0.717) is 0 Å². The van der Waals surface area contributed by atoms with Crippen LogP contribution in [0.2, 0.25) is 0 Å². The van der Waals surface area contributed by atoms with Crippen molar-refractivity contribution in [1.82, 2.24) is 10.4 Å². The van der Waals surface area contributed by atoms with Gasteiger partial charge in [0.15, 0.2) is 0 Å². The second kappa shape index (κ2) is 4.20. The van der Waals surface area contributed by atoms with Crippen LogP contribution in [-0.4, -0.2) is 4.98 Å². The van der Waals surface area contributed by atoms with E-state index >= 15 is 0 Å². The first-order valence-electron chi connectivity index (χ1n) is 5.74. The fourth-order valence-electron chi connectivity index (χ4n) is 2.41. The first-order chi connectivity index (χ1) is 8.27. The Morgan fingerprint density at radius 3 is 2.56 bits per heavy atom. The van der Waals surface area contributed by atoms with Gasteiger partial charge in [-0.25, -0.2) is 0 Å². The highest BCUT2D eigenvalue weighted by atomic mass is 19.4. The molecule has 0 saturated heterocycles. The smallest absolute Gasteiger partial charge is 0.271 e. The minimum absolute atomic E-state index is 0.0236. The summed E-state index contributed by atoms with van der Waals surface area (Å²) in [4.78, 5) is 3.79. The Kier molecular flexibility index (Phi) is 3.11. The van der Waals surface area contributed by atoms with Crippen LogP contribution in [0.4, 0.5) is 13.2 Å². The Labute approximate surface area is 104 Å². The Bertz CT molecular complexity index is 442. The largest absolute Gasteiger partial charge is 0.416 e. The van der Waals surface area contributed by atoms with Gasteiger partial charge < -0.3 is 0 Å². The monoisotopic (exact) mass is 259 g/mol. The summed E-state index contributed by atoms with van der Waals surface area (Å²) in [6.45, 7) is 4.04. The highest BCUT2D eigenvalue weighted by molar-refractivity contribution is 5.31. The van der Waals surface area contributed by atoms with Crippen molar-refractivity contribution in [3.63, 3.8) is 0 Å². The molecule has 1 aromatic rings. The molecule has 1 fully saturated rings. The lowest BCUT2D eigenvalue weighted by molar-refractivity contribution is -0.138. The normalized spacial score (nSPS) is 23.8. The lowest BCUT2D eigenvalue weighted by Crippen LogP contribution is -2.32. The van der Waals surface area contributed by atoms with E-state index in [2.05, 4.69) is 10.4 Å². The zero-order valence-electron chi connectivity index (χ0n) is 10.3. The van der Waals surface area contributed by atoms with Crippen molar-refractivity contribution in [1.29, 1.82) is 0 Å². The number of aromatic nitrogens is 1. The van der Waals surface area contributed by atoms with Crippen LogP contribution in [0.1, 0.15) is 37.4 Å². The molecule has 0 spiro atoms. The maximum atomic E-state index is 12.9. The van der Waals surface area contributed by atoms with Gasteiger partial charge in [-0.3, -0.25) is 16.3 Å². The highest BCUT2D eigenvalue weighted by Gasteiger charge is 2.51. The van der Waals surface area contributed by atoms with Gasteiger partial charge in [0.2, 0.25) is 0 Å². The quantitative estimate of drug-likeness (QED) is 0.648. The molecule has 3 nitrogen and oxygen atoms in total. The molecule has 100 valence electrons. The van der Waals surface area contributed by atoms with E-state index in [-0.39, 0.29) is 16.9 Å². The molecule has 2 atom stereocenters. The second-order valence-corrected chi connectivity index (χ2v) is 5.40. The molecule has 1 aliphatic carbocycles. The van der Waals surface area contributed by atoms with Gasteiger partial charge >= 0.3 is 6.18 Å². The van der Waals surface area contributed by atoms with E-state index in [9.17, 15) is 13.2 Å². The number of nitrogens with zero attached hydrogens (tertiary/aromatic N) is 1. The molecule has 0 amide bonds. The van der Waals surface area contributed by atoms with Crippen molar-refractivity contribution in [2.45, 2.75) is 32.5 Å². The van der Waals surface area contributed by atoms with Gasteiger partial charge in [-0.05, 0) is 23.8 Å². The molecule has 0 aromatic carbocycles. The molecule has 0 aliphatic heterocycles. The minimum atomic E-state index is -4.38. The third-order valence-electron chi connectivity index (χ3n) is 3.66. The summed E-state index contributed by atoms with van der Waals surface area (Å²) in [6, 6.07) is 0.486. The van der Waals surface area contributed by atoms with E-state index in [1.54, 1.807) is 0 Å². The fraction of sp³-hybridized carbons (Fsp3) is 0.583. The summed E-state index contributed by atoms with van der Waals surface area (Å²) in [5.74, 6) is 5.54. The Balaban J connectivity index is 2.38. The van der Waals surface area contributed by atoms with E-state index in [4.69, 9.17) is 5.84 Å². The molecular formula is C12H16F3N3. The van der Waals surface area contributed by atoms with E-state index in [0.717, 1.165) is 18.7 Å². The number of nitrogens with one attached hydrogen (secondary N) is 1. The molecule has 0 radical (unpaired) electrons. The molecule has 0 bridgehead atoms. The van der Waals surface area contributed by atoms with Crippen molar-refractivity contribution in [2.75, 3.05) is 0 Å². The zero-order chi connectivity index (χ0) is 13.6. The Morgan fingerprint density at radius 2 is 2.11 bits per heavy atom. The fourth-order valence-corrected chi connectivity index (χ4v) is 2.41. The maximum absolute atomic E-state index is 12.9. The first-order valence-corrected chi connectivity index (χ1v) is 5.74. The van der Waals surface area contributed by atoms with Crippen molar-refractivity contribution in [2.24, 2.45) is 17.2 Å². The number of hydrazine groups is 1. The number of halogens is 3. The van der Waals surface area contributed by atoms with Crippen molar-refractivity contribution in [3.8, 4) is 0 Å². The summed E-state index contributed by atoms with van der Waals surface area (Å²) < 4.78 is 38.8. The lowest BCUT2D eigenvalue weighted by atomic mass is 9.95. The topological polar surface area (TPSA) is 50.9 Å². The zero-order valence-corrected chi connectivity index (χ0v) is 10.3. The van der Waals surface area contributed by atoms with Crippen molar-refractivity contribution in [3.05, 3.63) is 29.6 Å². The molecular weight excluding hydrogens is 243 g/mol. The number of pyridine rings is 1. The SMILES string of the molecule is CC1(C)CC1C(NN)c1cnccc1C(F)(F)F. The molecule has 1 saturated carbocycles. The maximum Gasteiger partial charge on any atom is 0.416 e. The van der Waals surface area contributed by atoms with Crippen LogP contribution in [0.25, 0.3) is 0 Å².